The van der Waals surface area contributed by atoms with E-state index in [1.807, 2.05) is 6.07 Å². The molecule has 2 aromatic rings. The second kappa shape index (κ2) is 6.17. The third-order valence-electron chi connectivity index (χ3n) is 2.40. The topological polar surface area (TPSA) is 26.3 Å². The van der Waals surface area contributed by atoms with E-state index in [1.54, 1.807) is 18.2 Å². The molecule has 0 bridgehead atoms. The summed E-state index contributed by atoms with van der Waals surface area (Å²) in [5, 5.41) is 0.141. The lowest BCUT2D eigenvalue weighted by atomic mass is 10.1. The number of hydrogen-bond acceptors (Lipinski definition) is 2. The molecule has 0 amide bonds. The maximum absolute atomic E-state index is 12.8. The molecule has 2 aromatic carbocycles. The van der Waals surface area contributed by atoms with Gasteiger partial charge in [-0.05, 0) is 30.3 Å². The molecule has 2 rings (SSSR count). The van der Waals surface area contributed by atoms with Gasteiger partial charge >= 0.3 is 0 Å². The van der Waals surface area contributed by atoms with Crippen molar-refractivity contribution in [1.29, 1.82) is 0 Å². The van der Waals surface area contributed by atoms with Crippen LogP contribution in [-0.4, -0.2) is 12.4 Å². The van der Waals surface area contributed by atoms with Crippen LogP contribution >= 0.6 is 27.5 Å². The van der Waals surface area contributed by atoms with Crippen molar-refractivity contribution in [2.24, 2.45) is 0 Å². The van der Waals surface area contributed by atoms with Gasteiger partial charge < -0.3 is 4.74 Å². The molecule has 19 heavy (non-hydrogen) atoms. The summed E-state index contributed by atoms with van der Waals surface area (Å²) in [6.45, 7) is -0.151. The molecule has 2 nitrogen and oxygen atoms in total. The number of rotatable bonds is 4. The SMILES string of the molecule is O=C(COc1ccc(F)cc1Cl)c1cccc(Br)c1. The molecule has 0 aliphatic carbocycles. The average molecular weight is 344 g/mol. The van der Waals surface area contributed by atoms with Crippen molar-refractivity contribution in [3.63, 3.8) is 0 Å². The van der Waals surface area contributed by atoms with Gasteiger partial charge in [-0.3, -0.25) is 4.79 Å². The number of hydrogen-bond donors (Lipinski definition) is 0. The first-order chi connectivity index (χ1) is 9.06. The second-order valence-electron chi connectivity index (χ2n) is 3.80. The van der Waals surface area contributed by atoms with Gasteiger partial charge in [0.15, 0.2) is 12.4 Å². The van der Waals surface area contributed by atoms with Crippen molar-refractivity contribution < 1.29 is 13.9 Å². The van der Waals surface area contributed by atoms with Crippen LogP contribution in [0.25, 0.3) is 0 Å². The molecule has 0 unspecified atom stereocenters. The minimum absolute atomic E-state index is 0.141. The fourth-order valence-corrected chi connectivity index (χ4v) is 2.10. The lowest BCUT2D eigenvalue weighted by Crippen LogP contribution is -2.11. The summed E-state index contributed by atoms with van der Waals surface area (Å²) in [5.74, 6) is -0.344. The molecule has 0 saturated heterocycles. The van der Waals surface area contributed by atoms with E-state index in [2.05, 4.69) is 15.9 Å². The Bertz CT molecular complexity index is 616. The van der Waals surface area contributed by atoms with E-state index >= 15 is 0 Å². The van der Waals surface area contributed by atoms with Gasteiger partial charge in [0.2, 0.25) is 0 Å². The van der Waals surface area contributed by atoms with Gasteiger partial charge in [-0.2, -0.15) is 0 Å². The molecule has 5 heteroatoms. The predicted molar refractivity (Wildman–Crippen MR) is 75.4 cm³/mol. The highest BCUT2D eigenvalue weighted by atomic mass is 79.9. The molecule has 98 valence electrons. The molecule has 0 aliphatic heterocycles. The van der Waals surface area contributed by atoms with Crippen LogP contribution in [0.3, 0.4) is 0 Å². The van der Waals surface area contributed by atoms with Gasteiger partial charge in [-0.15, -0.1) is 0 Å². The highest BCUT2D eigenvalue weighted by Gasteiger charge is 2.09. The third-order valence-corrected chi connectivity index (χ3v) is 3.19. The number of carbonyl (C=O) groups is 1. The molecule has 0 atom stereocenters. The third kappa shape index (κ3) is 3.78. The molecule has 0 fully saturated rings. The summed E-state index contributed by atoms with van der Waals surface area (Å²) >= 11 is 9.09. The number of ketones is 1. The van der Waals surface area contributed by atoms with Crippen LogP contribution in [-0.2, 0) is 0 Å². The maximum atomic E-state index is 12.8. The summed E-state index contributed by atoms with van der Waals surface area (Å²) in [7, 11) is 0. The zero-order valence-corrected chi connectivity index (χ0v) is 12.0. The number of benzene rings is 2. The summed E-state index contributed by atoms with van der Waals surface area (Å²) in [6, 6.07) is 10.8. The van der Waals surface area contributed by atoms with E-state index < -0.39 is 5.82 Å². The summed E-state index contributed by atoms with van der Waals surface area (Å²) in [5.41, 5.74) is 0.535. The Morgan fingerprint density at radius 2 is 2.05 bits per heavy atom. The molecule has 0 radical (unpaired) electrons. The first-order valence-electron chi connectivity index (χ1n) is 5.43. The van der Waals surface area contributed by atoms with Gasteiger partial charge in [-0.1, -0.05) is 39.7 Å². The highest BCUT2D eigenvalue weighted by molar-refractivity contribution is 9.10. The van der Waals surface area contributed by atoms with Crippen molar-refractivity contribution in [1.82, 2.24) is 0 Å². The average Bonchev–Trinajstić information content (AvgIpc) is 2.37. The van der Waals surface area contributed by atoms with E-state index in [-0.39, 0.29) is 23.2 Å². The fourth-order valence-electron chi connectivity index (χ4n) is 1.48. The van der Waals surface area contributed by atoms with E-state index in [0.717, 1.165) is 10.5 Å². The first kappa shape index (κ1) is 14.0. The maximum Gasteiger partial charge on any atom is 0.200 e. The van der Waals surface area contributed by atoms with E-state index in [4.69, 9.17) is 16.3 Å². The number of halogens is 3. The minimum atomic E-state index is -0.448. The summed E-state index contributed by atoms with van der Waals surface area (Å²) < 4.78 is 18.9. The highest BCUT2D eigenvalue weighted by Crippen LogP contribution is 2.25. The standard InChI is InChI=1S/C14H9BrClFO2/c15-10-3-1-2-9(6-10)13(18)8-19-14-5-4-11(17)7-12(14)16/h1-7H,8H2. The first-order valence-corrected chi connectivity index (χ1v) is 6.60. The van der Waals surface area contributed by atoms with E-state index in [1.165, 1.54) is 12.1 Å². The van der Waals surface area contributed by atoms with E-state index in [9.17, 15) is 9.18 Å². The molecule has 0 heterocycles. The largest absolute Gasteiger partial charge is 0.484 e. The van der Waals surface area contributed by atoms with E-state index in [0.29, 0.717) is 5.56 Å². The zero-order valence-electron chi connectivity index (χ0n) is 9.70. The van der Waals surface area contributed by atoms with Gasteiger partial charge in [0.25, 0.3) is 0 Å². The Balaban J connectivity index is 2.04. The lowest BCUT2D eigenvalue weighted by Gasteiger charge is -2.07. The van der Waals surface area contributed by atoms with Gasteiger partial charge in [0, 0.05) is 10.0 Å². The summed E-state index contributed by atoms with van der Waals surface area (Å²) in [4.78, 5) is 11.9. The quantitative estimate of drug-likeness (QED) is 0.764. The normalized spacial score (nSPS) is 10.3. The molecular weight excluding hydrogens is 335 g/mol. The van der Waals surface area contributed by atoms with Crippen molar-refractivity contribution >= 4 is 33.3 Å². The van der Waals surface area contributed by atoms with Gasteiger partial charge in [0.1, 0.15) is 11.6 Å². The number of ether oxygens (including phenoxy) is 1. The van der Waals surface area contributed by atoms with Crippen LogP contribution in [0.2, 0.25) is 5.02 Å². The molecule has 0 spiro atoms. The van der Waals surface area contributed by atoms with Crippen LogP contribution in [0, 0.1) is 5.82 Å². The zero-order chi connectivity index (χ0) is 13.8. The van der Waals surface area contributed by atoms with Crippen molar-refractivity contribution in [2.75, 3.05) is 6.61 Å². The fraction of sp³-hybridized carbons (Fsp3) is 0.0714. The lowest BCUT2D eigenvalue weighted by molar-refractivity contribution is 0.0921. The van der Waals surface area contributed by atoms with Crippen LogP contribution in [0.1, 0.15) is 10.4 Å². The van der Waals surface area contributed by atoms with Gasteiger partial charge in [-0.25, -0.2) is 4.39 Å². The monoisotopic (exact) mass is 342 g/mol. The van der Waals surface area contributed by atoms with Crippen LogP contribution < -0.4 is 4.74 Å². The Morgan fingerprint density at radius 1 is 1.26 bits per heavy atom. The number of carbonyl (C=O) groups excluding carboxylic acids is 1. The molecule has 0 N–H and O–H groups in total. The molecule has 0 aromatic heterocycles. The Labute approximate surface area is 123 Å². The Kier molecular flexibility index (Phi) is 4.56. The van der Waals surface area contributed by atoms with Gasteiger partial charge in [0.05, 0.1) is 5.02 Å². The van der Waals surface area contributed by atoms with Crippen molar-refractivity contribution in [3.05, 3.63) is 63.3 Å². The predicted octanol–water partition coefficient (Wildman–Crippen LogP) is 4.50. The number of Topliss-reactive ketones (excluding diaryl/α,β-unsaturated/α-hetero) is 1. The smallest absolute Gasteiger partial charge is 0.200 e. The molecule has 0 saturated carbocycles. The van der Waals surface area contributed by atoms with Crippen molar-refractivity contribution in [3.8, 4) is 5.75 Å². The van der Waals surface area contributed by atoms with Crippen LogP contribution in [0.15, 0.2) is 46.9 Å². The molecule has 0 aliphatic rings. The second-order valence-corrected chi connectivity index (χ2v) is 5.12. The summed E-state index contributed by atoms with van der Waals surface area (Å²) in [6.07, 6.45) is 0. The Morgan fingerprint density at radius 3 is 2.74 bits per heavy atom. The van der Waals surface area contributed by atoms with Crippen molar-refractivity contribution in [2.45, 2.75) is 0 Å². The Hall–Kier alpha value is -1.39. The molecular formula is C14H9BrClFO2. The van der Waals surface area contributed by atoms with Crippen LogP contribution in [0.5, 0.6) is 5.75 Å². The minimum Gasteiger partial charge on any atom is -0.484 e. The van der Waals surface area contributed by atoms with Crippen LogP contribution in [0.4, 0.5) is 4.39 Å².